The SMILES string of the molecule is NC(CC(=O)CCCC1CCCO1)C1CC1. The number of hydrogen-bond donors (Lipinski definition) is 1. The van der Waals surface area contributed by atoms with Crippen molar-refractivity contribution in [1.29, 1.82) is 0 Å². The molecule has 2 rings (SSSR count). The molecule has 2 aliphatic rings. The lowest BCUT2D eigenvalue weighted by molar-refractivity contribution is -0.119. The Kier molecular flexibility index (Phi) is 4.36. The smallest absolute Gasteiger partial charge is 0.134 e. The number of nitrogens with two attached hydrogens (primary N) is 1. The maximum atomic E-state index is 11.6. The molecule has 2 fully saturated rings. The lowest BCUT2D eigenvalue weighted by Gasteiger charge is -2.10. The lowest BCUT2D eigenvalue weighted by Crippen LogP contribution is -2.25. The number of carbonyl (C=O) groups is 1. The van der Waals surface area contributed by atoms with Crippen molar-refractivity contribution in [3.05, 3.63) is 0 Å². The van der Waals surface area contributed by atoms with Gasteiger partial charge in [0.15, 0.2) is 0 Å². The topological polar surface area (TPSA) is 52.3 Å². The van der Waals surface area contributed by atoms with Crippen molar-refractivity contribution in [3.8, 4) is 0 Å². The zero-order valence-electron chi connectivity index (χ0n) is 9.99. The van der Waals surface area contributed by atoms with E-state index in [0.717, 1.165) is 19.4 Å². The van der Waals surface area contributed by atoms with E-state index in [4.69, 9.17) is 10.5 Å². The van der Waals surface area contributed by atoms with Crippen LogP contribution < -0.4 is 5.73 Å². The zero-order chi connectivity index (χ0) is 11.4. The predicted molar refractivity (Wildman–Crippen MR) is 63.1 cm³/mol. The van der Waals surface area contributed by atoms with Crippen LogP contribution in [0, 0.1) is 5.92 Å². The lowest BCUT2D eigenvalue weighted by atomic mass is 10.0. The molecule has 1 aliphatic heterocycles. The Bertz CT molecular complexity index is 232. The van der Waals surface area contributed by atoms with E-state index >= 15 is 0 Å². The van der Waals surface area contributed by atoms with Gasteiger partial charge in [-0.25, -0.2) is 0 Å². The first-order valence-electron chi connectivity index (χ1n) is 6.64. The summed E-state index contributed by atoms with van der Waals surface area (Å²) in [5.74, 6) is 0.986. The van der Waals surface area contributed by atoms with Crippen molar-refractivity contribution in [2.24, 2.45) is 11.7 Å². The molecule has 0 aromatic rings. The van der Waals surface area contributed by atoms with E-state index in [9.17, 15) is 4.79 Å². The summed E-state index contributed by atoms with van der Waals surface area (Å²) in [6, 6.07) is 0.134. The Morgan fingerprint density at radius 2 is 2.19 bits per heavy atom. The van der Waals surface area contributed by atoms with Crippen LogP contribution in [0.1, 0.15) is 51.4 Å². The van der Waals surface area contributed by atoms with Crippen LogP contribution in [0.2, 0.25) is 0 Å². The van der Waals surface area contributed by atoms with Crippen molar-refractivity contribution in [2.75, 3.05) is 6.61 Å². The molecule has 1 saturated heterocycles. The number of rotatable bonds is 7. The summed E-state index contributed by atoms with van der Waals surface area (Å²) in [5, 5.41) is 0. The van der Waals surface area contributed by atoms with Crippen molar-refractivity contribution < 1.29 is 9.53 Å². The number of ether oxygens (including phenoxy) is 1. The summed E-state index contributed by atoms with van der Waals surface area (Å²) >= 11 is 0. The van der Waals surface area contributed by atoms with Crippen LogP contribution in [-0.2, 0) is 9.53 Å². The molecule has 1 saturated carbocycles. The normalized spacial score (nSPS) is 26.9. The summed E-state index contributed by atoms with van der Waals surface area (Å²) in [6.45, 7) is 0.908. The summed E-state index contributed by atoms with van der Waals surface area (Å²) in [6.07, 6.45) is 8.54. The summed E-state index contributed by atoms with van der Waals surface area (Å²) in [4.78, 5) is 11.6. The van der Waals surface area contributed by atoms with Gasteiger partial charge in [0.2, 0.25) is 0 Å². The van der Waals surface area contributed by atoms with E-state index in [2.05, 4.69) is 0 Å². The Hall–Kier alpha value is -0.410. The van der Waals surface area contributed by atoms with Gasteiger partial charge in [0.1, 0.15) is 5.78 Å². The molecule has 1 aliphatic carbocycles. The molecule has 3 heteroatoms. The highest BCUT2D eigenvalue weighted by Crippen LogP contribution is 2.33. The van der Waals surface area contributed by atoms with Gasteiger partial charge in [0.25, 0.3) is 0 Å². The second-order valence-corrected chi connectivity index (χ2v) is 5.27. The molecular formula is C13H23NO2. The van der Waals surface area contributed by atoms with E-state index in [0.29, 0.717) is 30.6 Å². The molecule has 0 radical (unpaired) electrons. The van der Waals surface area contributed by atoms with Gasteiger partial charge in [0, 0.05) is 25.5 Å². The minimum absolute atomic E-state index is 0.134. The molecule has 0 aromatic carbocycles. The molecule has 3 nitrogen and oxygen atoms in total. The summed E-state index contributed by atoms with van der Waals surface area (Å²) < 4.78 is 5.53. The van der Waals surface area contributed by atoms with Crippen LogP contribution in [-0.4, -0.2) is 24.5 Å². The van der Waals surface area contributed by atoms with E-state index < -0.39 is 0 Å². The molecule has 92 valence electrons. The second-order valence-electron chi connectivity index (χ2n) is 5.27. The van der Waals surface area contributed by atoms with Gasteiger partial charge in [-0.05, 0) is 44.4 Å². The molecule has 2 atom stereocenters. The molecule has 0 aromatic heterocycles. The fourth-order valence-electron chi connectivity index (χ4n) is 2.45. The predicted octanol–water partition coefficient (Wildman–Crippen LogP) is 2.03. The average Bonchev–Trinajstić information content (AvgIpc) is 2.98. The van der Waals surface area contributed by atoms with Crippen LogP contribution >= 0.6 is 0 Å². The standard InChI is InChI=1S/C13H23NO2/c14-13(10-6-7-10)9-11(15)3-1-4-12-5-2-8-16-12/h10,12-13H,1-9,14H2. The van der Waals surface area contributed by atoms with Gasteiger partial charge in [0.05, 0.1) is 6.10 Å². The fraction of sp³-hybridized carbons (Fsp3) is 0.923. The fourth-order valence-corrected chi connectivity index (χ4v) is 2.45. The number of carbonyl (C=O) groups excluding carboxylic acids is 1. The first-order valence-corrected chi connectivity index (χ1v) is 6.64. The number of ketones is 1. The summed E-state index contributed by atoms with van der Waals surface area (Å²) in [5.41, 5.74) is 5.93. The third-order valence-electron chi connectivity index (χ3n) is 3.70. The van der Waals surface area contributed by atoms with Crippen molar-refractivity contribution in [1.82, 2.24) is 0 Å². The number of Topliss-reactive ketones (excluding diaryl/α,β-unsaturated/α-hetero) is 1. The molecule has 2 unspecified atom stereocenters. The Morgan fingerprint density at radius 1 is 1.38 bits per heavy atom. The van der Waals surface area contributed by atoms with Crippen LogP contribution in [0.3, 0.4) is 0 Å². The van der Waals surface area contributed by atoms with Crippen LogP contribution in [0.25, 0.3) is 0 Å². The quantitative estimate of drug-likeness (QED) is 0.721. The average molecular weight is 225 g/mol. The van der Waals surface area contributed by atoms with E-state index in [-0.39, 0.29) is 6.04 Å². The van der Waals surface area contributed by atoms with Gasteiger partial charge in [-0.3, -0.25) is 4.79 Å². The van der Waals surface area contributed by atoms with Crippen LogP contribution in [0.4, 0.5) is 0 Å². The Morgan fingerprint density at radius 3 is 2.81 bits per heavy atom. The molecule has 1 heterocycles. The van der Waals surface area contributed by atoms with E-state index in [1.807, 2.05) is 0 Å². The van der Waals surface area contributed by atoms with Gasteiger partial charge in [-0.15, -0.1) is 0 Å². The number of hydrogen-bond acceptors (Lipinski definition) is 3. The third kappa shape index (κ3) is 3.87. The third-order valence-corrected chi connectivity index (χ3v) is 3.70. The van der Waals surface area contributed by atoms with Gasteiger partial charge < -0.3 is 10.5 Å². The largest absolute Gasteiger partial charge is 0.378 e. The molecule has 2 N–H and O–H groups in total. The molecule has 0 spiro atoms. The molecule has 0 amide bonds. The van der Waals surface area contributed by atoms with E-state index in [1.54, 1.807) is 0 Å². The van der Waals surface area contributed by atoms with Gasteiger partial charge in [-0.2, -0.15) is 0 Å². The molecular weight excluding hydrogens is 202 g/mol. The molecule has 16 heavy (non-hydrogen) atoms. The monoisotopic (exact) mass is 225 g/mol. The maximum Gasteiger partial charge on any atom is 0.134 e. The van der Waals surface area contributed by atoms with Gasteiger partial charge >= 0.3 is 0 Å². The summed E-state index contributed by atoms with van der Waals surface area (Å²) in [7, 11) is 0. The molecule has 0 bridgehead atoms. The van der Waals surface area contributed by atoms with Crippen molar-refractivity contribution in [2.45, 2.75) is 63.5 Å². The van der Waals surface area contributed by atoms with Gasteiger partial charge in [-0.1, -0.05) is 0 Å². The first kappa shape index (κ1) is 12.1. The minimum Gasteiger partial charge on any atom is -0.378 e. The second kappa shape index (κ2) is 5.78. The first-order chi connectivity index (χ1) is 7.75. The highest BCUT2D eigenvalue weighted by molar-refractivity contribution is 5.79. The zero-order valence-corrected chi connectivity index (χ0v) is 9.99. The Labute approximate surface area is 97.7 Å². The van der Waals surface area contributed by atoms with Crippen molar-refractivity contribution in [3.63, 3.8) is 0 Å². The van der Waals surface area contributed by atoms with Crippen LogP contribution in [0.15, 0.2) is 0 Å². The highest BCUT2D eigenvalue weighted by atomic mass is 16.5. The highest BCUT2D eigenvalue weighted by Gasteiger charge is 2.29. The Balaban J connectivity index is 1.52. The van der Waals surface area contributed by atoms with Crippen LogP contribution in [0.5, 0.6) is 0 Å². The van der Waals surface area contributed by atoms with Crippen molar-refractivity contribution >= 4 is 5.78 Å². The minimum atomic E-state index is 0.134. The van der Waals surface area contributed by atoms with E-state index in [1.165, 1.54) is 25.7 Å². The maximum absolute atomic E-state index is 11.6.